The molecule has 1 heterocycles. The topological polar surface area (TPSA) is 73.5 Å². The second-order valence-electron chi connectivity index (χ2n) is 6.12. The van der Waals surface area contributed by atoms with Gasteiger partial charge in [0.05, 0.1) is 5.69 Å². The molecule has 0 fully saturated rings. The Hall–Kier alpha value is -3.12. The van der Waals surface area contributed by atoms with E-state index in [1.54, 1.807) is 20.0 Å². The molecule has 3 aromatic rings. The number of hydrogen-bond acceptors (Lipinski definition) is 4. The first kappa shape index (κ1) is 27.9. The smallest absolute Gasteiger partial charge is 0.335 e. The minimum atomic E-state index is -0.373. The van der Waals surface area contributed by atoms with E-state index in [-0.39, 0.29) is 11.2 Å². The summed E-state index contributed by atoms with van der Waals surface area (Å²) in [5.41, 5.74) is 2.20. The van der Waals surface area contributed by atoms with Crippen molar-refractivity contribution in [3.05, 3.63) is 86.2 Å². The summed E-state index contributed by atoms with van der Waals surface area (Å²) in [6.45, 7) is 13.5. The largest absolute Gasteiger partial charge is 0.457 e. The van der Waals surface area contributed by atoms with E-state index in [0.29, 0.717) is 22.9 Å². The summed E-state index contributed by atoms with van der Waals surface area (Å²) in [5.74, 6) is 1.31. The number of aromatic nitrogens is 2. The van der Waals surface area contributed by atoms with Crippen LogP contribution in [0, 0.1) is 20.8 Å². The van der Waals surface area contributed by atoms with Crippen molar-refractivity contribution in [2.75, 3.05) is 7.11 Å². The monoisotopic (exact) mass is 428 g/mol. The highest BCUT2D eigenvalue weighted by Crippen LogP contribution is 2.28. The van der Waals surface area contributed by atoms with E-state index in [1.165, 1.54) is 15.2 Å². The first-order valence-corrected chi connectivity index (χ1v) is 10.5. The summed E-state index contributed by atoms with van der Waals surface area (Å²) in [6, 6.07) is 14.5. The molecule has 2 aromatic carbocycles. The van der Waals surface area contributed by atoms with Crippen LogP contribution in [-0.2, 0) is 7.05 Å². The van der Waals surface area contributed by atoms with E-state index >= 15 is 0 Å². The van der Waals surface area contributed by atoms with E-state index < -0.39 is 0 Å². The van der Waals surface area contributed by atoms with Crippen LogP contribution in [0.25, 0.3) is 5.69 Å². The zero-order valence-electron chi connectivity index (χ0n) is 20.2. The van der Waals surface area contributed by atoms with Gasteiger partial charge in [0, 0.05) is 32.0 Å². The summed E-state index contributed by atoms with van der Waals surface area (Å²) in [7, 11) is 2.65. The Labute approximate surface area is 185 Å². The maximum Gasteiger partial charge on any atom is 0.335 e. The molecule has 1 N–H and O–H groups in total. The highest BCUT2D eigenvalue weighted by Gasteiger charge is 2.14. The molecule has 0 aliphatic carbocycles. The van der Waals surface area contributed by atoms with Crippen molar-refractivity contribution in [3.8, 4) is 17.2 Å². The average Bonchev–Trinajstić information content (AvgIpc) is 2.80. The summed E-state index contributed by atoms with van der Waals surface area (Å²) in [5, 5.41) is 7.00. The van der Waals surface area contributed by atoms with E-state index in [2.05, 4.69) is 0 Å². The predicted molar refractivity (Wildman–Crippen MR) is 129 cm³/mol. The maximum atomic E-state index is 12.6. The van der Waals surface area contributed by atoms with Crippen LogP contribution in [-0.4, -0.2) is 21.4 Å². The molecule has 0 saturated heterocycles. The third-order valence-electron chi connectivity index (χ3n) is 4.27. The molecule has 0 bridgehead atoms. The van der Waals surface area contributed by atoms with Crippen molar-refractivity contribution in [1.82, 2.24) is 9.13 Å². The molecular weight excluding hydrogens is 392 g/mol. The summed E-state index contributed by atoms with van der Waals surface area (Å²) in [6.07, 6.45) is 0. The first-order chi connectivity index (χ1) is 14.9. The van der Waals surface area contributed by atoms with Gasteiger partial charge < -0.3 is 14.4 Å². The van der Waals surface area contributed by atoms with Crippen LogP contribution in [0.1, 0.15) is 44.5 Å². The van der Waals surface area contributed by atoms with E-state index in [0.717, 1.165) is 18.2 Å². The van der Waals surface area contributed by atoms with Crippen LogP contribution >= 0.6 is 0 Å². The molecule has 170 valence electrons. The molecule has 6 heteroatoms. The molecule has 0 unspecified atom stereocenters. The number of hydrogen-bond donors (Lipinski definition) is 1. The summed E-state index contributed by atoms with van der Waals surface area (Å²) >= 11 is 0. The Kier molecular flexibility index (Phi) is 12.6. The van der Waals surface area contributed by atoms with E-state index in [1.807, 2.05) is 77.9 Å². The van der Waals surface area contributed by atoms with Crippen LogP contribution in [0.5, 0.6) is 11.5 Å². The third-order valence-corrected chi connectivity index (χ3v) is 4.27. The van der Waals surface area contributed by atoms with Gasteiger partial charge in [0.2, 0.25) is 0 Å². The van der Waals surface area contributed by atoms with Gasteiger partial charge in [-0.05, 0) is 44.0 Å². The van der Waals surface area contributed by atoms with Crippen molar-refractivity contribution < 1.29 is 9.84 Å². The maximum absolute atomic E-state index is 12.6. The Bertz CT molecular complexity index is 1050. The van der Waals surface area contributed by atoms with Crippen molar-refractivity contribution >= 4 is 0 Å². The number of benzene rings is 2. The zero-order chi connectivity index (χ0) is 24.1. The molecular formula is C25H36N2O4. The van der Waals surface area contributed by atoms with Crippen LogP contribution < -0.4 is 16.0 Å². The highest BCUT2D eigenvalue weighted by atomic mass is 16.5. The quantitative estimate of drug-likeness (QED) is 0.643. The second kappa shape index (κ2) is 14.0. The van der Waals surface area contributed by atoms with Gasteiger partial charge in [0.25, 0.3) is 5.56 Å². The van der Waals surface area contributed by atoms with Gasteiger partial charge in [-0.15, -0.1) is 0 Å². The minimum absolute atomic E-state index is 0.349. The van der Waals surface area contributed by atoms with Crippen molar-refractivity contribution in [3.63, 3.8) is 0 Å². The number of ether oxygens (including phenoxy) is 1. The second-order valence-corrected chi connectivity index (χ2v) is 6.12. The molecule has 1 aromatic heterocycles. The molecule has 3 rings (SSSR count). The molecule has 0 spiro atoms. The molecule has 0 saturated carbocycles. The standard InChI is InChI=1S/C20H20N2O3.2C2H6.CH4O/c1-13-10-14(2)18(25-16-8-6-5-7-9-16)12-17(13)22-19(23)11-15(3)21(4)20(22)24;3*1-2/h5-12H,1-4H3;2*1-2H3;2H,1H3. The van der Waals surface area contributed by atoms with E-state index in [4.69, 9.17) is 9.84 Å². The Morgan fingerprint density at radius 1 is 0.806 bits per heavy atom. The van der Waals surface area contributed by atoms with Crippen LogP contribution in [0.2, 0.25) is 0 Å². The summed E-state index contributed by atoms with van der Waals surface area (Å²) < 4.78 is 8.57. The SMILES string of the molecule is CC.CC.CO.Cc1cc(C)c(-n2c(=O)cc(C)n(C)c2=O)cc1Oc1ccccc1. The van der Waals surface area contributed by atoms with Crippen LogP contribution in [0.3, 0.4) is 0 Å². The summed E-state index contributed by atoms with van der Waals surface area (Å²) in [4.78, 5) is 25.0. The molecule has 31 heavy (non-hydrogen) atoms. The van der Waals surface area contributed by atoms with Gasteiger partial charge in [-0.25, -0.2) is 9.36 Å². The number of aliphatic hydroxyl groups excluding tert-OH is 1. The minimum Gasteiger partial charge on any atom is -0.457 e. The van der Waals surface area contributed by atoms with Crippen LogP contribution in [0.15, 0.2) is 58.1 Å². The normalized spacial score (nSPS) is 9.23. The molecule has 0 amide bonds. The molecule has 0 atom stereocenters. The molecule has 6 nitrogen and oxygen atoms in total. The number of para-hydroxylation sites is 1. The first-order valence-electron chi connectivity index (χ1n) is 10.5. The van der Waals surface area contributed by atoms with Gasteiger partial charge in [-0.3, -0.25) is 4.79 Å². The highest BCUT2D eigenvalue weighted by molar-refractivity contribution is 5.51. The van der Waals surface area contributed by atoms with Crippen LogP contribution in [0.4, 0.5) is 0 Å². The lowest BCUT2D eigenvalue weighted by Crippen LogP contribution is -2.38. The lowest BCUT2D eigenvalue weighted by molar-refractivity contribution is 0.399. The lowest BCUT2D eigenvalue weighted by atomic mass is 10.1. The predicted octanol–water partition coefficient (Wildman–Crippen LogP) is 4.91. The van der Waals surface area contributed by atoms with Gasteiger partial charge in [0.15, 0.2) is 0 Å². The number of aryl methyl sites for hydroxylation is 3. The lowest BCUT2D eigenvalue weighted by Gasteiger charge is -2.15. The molecule has 0 radical (unpaired) electrons. The fourth-order valence-corrected chi connectivity index (χ4v) is 2.74. The van der Waals surface area contributed by atoms with E-state index in [9.17, 15) is 9.59 Å². The van der Waals surface area contributed by atoms with Crippen molar-refractivity contribution in [2.45, 2.75) is 48.5 Å². The zero-order valence-corrected chi connectivity index (χ0v) is 20.2. The number of aliphatic hydroxyl groups is 1. The van der Waals surface area contributed by atoms with Gasteiger partial charge in [0.1, 0.15) is 11.5 Å². The Morgan fingerprint density at radius 2 is 1.35 bits per heavy atom. The Morgan fingerprint density at radius 3 is 1.90 bits per heavy atom. The third kappa shape index (κ3) is 6.96. The molecule has 0 aliphatic rings. The number of rotatable bonds is 3. The Balaban J connectivity index is 0.00000138. The van der Waals surface area contributed by atoms with Gasteiger partial charge in [-0.1, -0.05) is 52.0 Å². The number of nitrogens with zero attached hydrogens (tertiary/aromatic N) is 2. The average molecular weight is 429 g/mol. The van der Waals surface area contributed by atoms with Crippen molar-refractivity contribution in [1.29, 1.82) is 0 Å². The van der Waals surface area contributed by atoms with Crippen molar-refractivity contribution in [2.24, 2.45) is 7.05 Å². The van der Waals surface area contributed by atoms with Gasteiger partial charge >= 0.3 is 5.69 Å². The molecule has 0 aliphatic heterocycles. The fourth-order valence-electron chi connectivity index (χ4n) is 2.74. The van der Waals surface area contributed by atoms with Gasteiger partial charge in [-0.2, -0.15) is 0 Å². The fraction of sp³-hybridized carbons (Fsp3) is 0.360.